The zero-order valence-corrected chi connectivity index (χ0v) is 7.58. The van der Waals surface area contributed by atoms with Gasteiger partial charge < -0.3 is 4.79 Å². The van der Waals surface area contributed by atoms with E-state index >= 15 is 0 Å². The summed E-state index contributed by atoms with van der Waals surface area (Å²) in [7, 11) is 0. The van der Waals surface area contributed by atoms with E-state index in [1.54, 1.807) is 0 Å². The molecule has 1 rings (SSSR count). The van der Waals surface area contributed by atoms with E-state index in [9.17, 15) is 4.79 Å². The molecule has 3 nitrogen and oxygen atoms in total. The minimum atomic E-state index is 0.473. The molecule has 0 atom stereocenters. The molecule has 0 aliphatic heterocycles. The highest BCUT2D eigenvalue weighted by Gasteiger charge is 2.03. The van der Waals surface area contributed by atoms with Gasteiger partial charge in [-0.25, -0.2) is 0 Å². The van der Waals surface area contributed by atoms with Crippen molar-refractivity contribution in [2.24, 2.45) is 0 Å². The third-order valence-corrected chi connectivity index (χ3v) is 1.87. The van der Waals surface area contributed by atoms with Gasteiger partial charge in [0.1, 0.15) is 6.29 Å². The SMILES string of the molecule is CCc1cc(CC=O)n(CC)n1. The number of aromatic nitrogens is 2. The topological polar surface area (TPSA) is 34.9 Å². The maximum atomic E-state index is 10.3. The van der Waals surface area contributed by atoms with Gasteiger partial charge in [-0.2, -0.15) is 5.10 Å². The number of carbonyl (C=O) groups excluding carboxylic acids is 1. The molecule has 0 spiro atoms. The largest absolute Gasteiger partial charge is 0.303 e. The van der Waals surface area contributed by atoms with Gasteiger partial charge in [0, 0.05) is 18.7 Å². The van der Waals surface area contributed by atoms with Crippen molar-refractivity contribution in [2.75, 3.05) is 0 Å². The highest BCUT2D eigenvalue weighted by Crippen LogP contribution is 2.04. The molecule has 1 heterocycles. The first-order valence-electron chi connectivity index (χ1n) is 4.31. The Balaban J connectivity index is 2.91. The molecule has 0 amide bonds. The molecule has 0 radical (unpaired) electrons. The van der Waals surface area contributed by atoms with E-state index in [1.165, 1.54) is 0 Å². The van der Waals surface area contributed by atoms with Crippen molar-refractivity contribution < 1.29 is 4.79 Å². The molecule has 0 aliphatic carbocycles. The highest BCUT2D eigenvalue weighted by atomic mass is 16.1. The van der Waals surface area contributed by atoms with Gasteiger partial charge in [-0.05, 0) is 19.4 Å². The van der Waals surface area contributed by atoms with Crippen molar-refractivity contribution in [1.82, 2.24) is 9.78 Å². The third-order valence-electron chi connectivity index (χ3n) is 1.87. The number of nitrogens with zero attached hydrogens (tertiary/aromatic N) is 2. The van der Waals surface area contributed by atoms with Gasteiger partial charge in [0.15, 0.2) is 0 Å². The number of carbonyl (C=O) groups is 1. The van der Waals surface area contributed by atoms with Crippen LogP contribution in [-0.4, -0.2) is 16.1 Å². The Morgan fingerprint density at radius 1 is 1.58 bits per heavy atom. The molecule has 0 aromatic carbocycles. The van der Waals surface area contributed by atoms with Crippen LogP contribution in [0, 0.1) is 0 Å². The van der Waals surface area contributed by atoms with Gasteiger partial charge in [-0.3, -0.25) is 4.68 Å². The molecule has 66 valence electrons. The number of rotatable bonds is 4. The Kier molecular flexibility index (Phi) is 3.02. The lowest BCUT2D eigenvalue weighted by atomic mass is 10.2. The molecule has 0 aliphatic rings. The summed E-state index contributed by atoms with van der Waals surface area (Å²) in [5.41, 5.74) is 2.08. The lowest BCUT2D eigenvalue weighted by Crippen LogP contribution is -2.03. The molecule has 12 heavy (non-hydrogen) atoms. The smallest absolute Gasteiger partial charge is 0.125 e. The Hall–Kier alpha value is -1.12. The predicted molar refractivity (Wildman–Crippen MR) is 47.0 cm³/mol. The normalized spacial score (nSPS) is 10.2. The Morgan fingerprint density at radius 2 is 2.33 bits per heavy atom. The molecular formula is C9H14N2O. The van der Waals surface area contributed by atoms with Crippen LogP contribution in [0.2, 0.25) is 0 Å². The van der Waals surface area contributed by atoms with Crippen molar-refractivity contribution in [1.29, 1.82) is 0 Å². The van der Waals surface area contributed by atoms with Crippen LogP contribution >= 0.6 is 0 Å². The zero-order chi connectivity index (χ0) is 8.97. The molecule has 0 saturated carbocycles. The summed E-state index contributed by atoms with van der Waals surface area (Å²) in [4.78, 5) is 10.3. The zero-order valence-electron chi connectivity index (χ0n) is 7.58. The van der Waals surface area contributed by atoms with Crippen LogP contribution in [0.3, 0.4) is 0 Å². The lowest BCUT2D eigenvalue weighted by molar-refractivity contribution is -0.107. The first-order chi connectivity index (χ1) is 5.81. The summed E-state index contributed by atoms with van der Waals surface area (Å²) in [6, 6.07) is 2.00. The molecule has 1 aromatic rings. The van der Waals surface area contributed by atoms with Gasteiger partial charge in [-0.1, -0.05) is 6.92 Å². The lowest BCUT2D eigenvalue weighted by Gasteiger charge is -1.98. The fourth-order valence-corrected chi connectivity index (χ4v) is 1.21. The Morgan fingerprint density at radius 3 is 2.83 bits per heavy atom. The van der Waals surface area contributed by atoms with Crippen LogP contribution in [0.1, 0.15) is 25.2 Å². The van der Waals surface area contributed by atoms with E-state index in [4.69, 9.17) is 0 Å². The standard InChI is InChI=1S/C9H14N2O/c1-3-8-7-9(5-6-12)11(4-2)10-8/h6-7H,3-5H2,1-2H3. The van der Waals surface area contributed by atoms with Gasteiger partial charge in [-0.15, -0.1) is 0 Å². The van der Waals surface area contributed by atoms with E-state index in [0.29, 0.717) is 6.42 Å². The van der Waals surface area contributed by atoms with Crippen LogP contribution in [0.4, 0.5) is 0 Å². The quantitative estimate of drug-likeness (QED) is 0.630. The van der Waals surface area contributed by atoms with E-state index < -0.39 is 0 Å². The van der Waals surface area contributed by atoms with Crippen molar-refractivity contribution in [3.05, 3.63) is 17.5 Å². The van der Waals surface area contributed by atoms with Crippen molar-refractivity contribution in [3.63, 3.8) is 0 Å². The summed E-state index contributed by atoms with van der Waals surface area (Å²) in [5, 5.41) is 4.32. The van der Waals surface area contributed by atoms with E-state index in [0.717, 1.165) is 30.6 Å². The summed E-state index contributed by atoms with van der Waals surface area (Å²) < 4.78 is 1.88. The summed E-state index contributed by atoms with van der Waals surface area (Å²) >= 11 is 0. The molecule has 0 unspecified atom stereocenters. The van der Waals surface area contributed by atoms with Gasteiger partial charge in [0.2, 0.25) is 0 Å². The molecule has 1 aromatic heterocycles. The van der Waals surface area contributed by atoms with Crippen LogP contribution < -0.4 is 0 Å². The van der Waals surface area contributed by atoms with Crippen molar-refractivity contribution in [3.8, 4) is 0 Å². The number of aldehydes is 1. The molecular weight excluding hydrogens is 152 g/mol. The van der Waals surface area contributed by atoms with Crippen LogP contribution in [0.15, 0.2) is 6.07 Å². The second-order valence-electron chi connectivity index (χ2n) is 2.67. The van der Waals surface area contributed by atoms with E-state index in [-0.39, 0.29) is 0 Å². The molecule has 0 saturated heterocycles. The molecule has 0 fully saturated rings. The summed E-state index contributed by atoms with van der Waals surface area (Å²) in [5.74, 6) is 0. The second-order valence-corrected chi connectivity index (χ2v) is 2.67. The highest BCUT2D eigenvalue weighted by molar-refractivity contribution is 5.53. The molecule has 0 bridgehead atoms. The maximum absolute atomic E-state index is 10.3. The minimum Gasteiger partial charge on any atom is -0.303 e. The van der Waals surface area contributed by atoms with Crippen molar-refractivity contribution in [2.45, 2.75) is 33.2 Å². The fraction of sp³-hybridized carbons (Fsp3) is 0.556. The number of aryl methyl sites for hydroxylation is 2. The second kappa shape index (κ2) is 4.04. The van der Waals surface area contributed by atoms with Crippen LogP contribution in [0.25, 0.3) is 0 Å². The van der Waals surface area contributed by atoms with Crippen molar-refractivity contribution >= 4 is 6.29 Å². The van der Waals surface area contributed by atoms with Gasteiger partial charge in [0.05, 0.1) is 5.69 Å². The molecule has 3 heteroatoms. The summed E-state index contributed by atoms with van der Waals surface area (Å²) in [6.45, 7) is 4.93. The van der Waals surface area contributed by atoms with Gasteiger partial charge >= 0.3 is 0 Å². The van der Waals surface area contributed by atoms with Crippen LogP contribution in [-0.2, 0) is 24.2 Å². The predicted octanol–water partition coefficient (Wildman–Crippen LogP) is 1.21. The van der Waals surface area contributed by atoms with Gasteiger partial charge in [0.25, 0.3) is 0 Å². The Bertz CT molecular complexity index is 265. The van der Waals surface area contributed by atoms with E-state index in [2.05, 4.69) is 12.0 Å². The first-order valence-corrected chi connectivity index (χ1v) is 4.31. The number of hydrogen-bond acceptors (Lipinski definition) is 2. The summed E-state index contributed by atoms with van der Waals surface area (Å²) in [6.07, 6.45) is 2.32. The van der Waals surface area contributed by atoms with Crippen LogP contribution in [0.5, 0.6) is 0 Å². The first kappa shape index (κ1) is 8.97. The number of hydrogen-bond donors (Lipinski definition) is 0. The average Bonchev–Trinajstić information content (AvgIpc) is 2.48. The monoisotopic (exact) mass is 166 g/mol. The average molecular weight is 166 g/mol. The molecule has 0 N–H and O–H groups in total. The fourth-order valence-electron chi connectivity index (χ4n) is 1.21. The third kappa shape index (κ3) is 1.72. The Labute approximate surface area is 72.4 Å². The minimum absolute atomic E-state index is 0.473. The van der Waals surface area contributed by atoms with E-state index in [1.807, 2.05) is 17.7 Å². The maximum Gasteiger partial charge on any atom is 0.125 e.